The summed E-state index contributed by atoms with van der Waals surface area (Å²) in [4.78, 5) is 24.5. The first kappa shape index (κ1) is 18.5. The molecule has 0 radical (unpaired) electrons. The Kier molecular flexibility index (Phi) is 5.12. The summed E-state index contributed by atoms with van der Waals surface area (Å²) in [6.45, 7) is 5.38. The molecule has 0 fully saturated rings. The van der Waals surface area contributed by atoms with E-state index >= 15 is 0 Å². The Hall–Kier alpha value is -3.34. The molecule has 0 aromatic heterocycles. The molecule has 0 saturated heterocycles. The molecule has 3 rings (SSSR count). The molecule has 0 heterocycles. The lowest BCUT2D eigenvalue weighted by atomic mass is 10.1. The lowest BCUT2D eigenvalue weighted by Gasteiger charge is -2.13. The number of nitrogens with one attached hydrogen (secondary N) is 1. The van der Waals surface area contributed by atoms with Gasteiger partial charge in [-0.2, -0.15) is 0 Å². The van der Waals surface area contributed by atoms with E-state index < -0.39 is 18.5 Å². The van der Waals surface area contributed by atoms with Gasteiger partial charge in [-0.1, -0.05) is 48.0 Å². The van der Waals surface area contributed by atoms with Crippen LogP contribution in [0.3, 0.4) is 0 Å². The van der Waals surface area contributed by atoms with Crippen molar-refractivity contribution in [3.8, 4) is 5.75 Å². The molecule has 5 heteroatoms. The highest BCUT2D eigenvalue weighted by molar-refractivity contribution is 6.02. The number of carbonyl (C=O) groups excluding carboxylic acids is 2. The number of amides is 1. The molecule has 5 nitrogen and oxygen atoms in total. The van der Waals surface area contributed by atoms with E-state index in [0.717, 1.165) is 27.8 Å². The van der Waals surface area contributed by atoms with Crippen molar-refractivity contribution < 1.29 is 19.4 Å². The first-order valence-electron chi connectivity index (χ1n) is 8.62. The monoisotopic (exact) mass is 363 g/mol. The molecular formula is C22H21NO4. The second kappa shape index (κ2) is 7.50. The van der Waals surface area contributed by atoms with Crippen LogP contribution in [-0.2, 0) is 9.53 Å². The van der Waals surface area contributed by atoms with Gasteiger partial charge >= 0.3 is 5.97 Å². The number of aryl methyl sites for hydroxylation is 3. The molecule has 3 aromatic rings. The van der Waals surface area contributed by atoms with Gasteiger partial charge in [0.2, 0.25) is 0 Å². The molecule has 0 aliphatic rings. The number of anilines is 1. The maximum atomic E-state index is 12.3. The average Bonchev–Trinajstić information content (AvgIpc) is 2.63. The molecule has 1 amide bonds. The van der Waals surface area contributed by atoms with Crippen molar-refractivity contribution >= 4 is 28.3 Å². The topological polar surface area (TPSA) is 75.6 Å². The van der Waals surface area contributed by atoms with Crippen LogP contribution in [0.4, 0.5) is 5.69 Å². The van der Waals surface area contributed by atoms with E-state index in [4.69, 9.17) is 4.74 Å². The highest BCUT2D eigenvalue weighted by Crippen LogP contribution is 2.29. The van der Waals surface area contributed by atoms with Gasteiger partial charge in [-0.3, -0.25) is 4.79 Å². The van der Waals surface area contributed by atoms with Gasteiger partial charge in [0.25, 0.3) is 5.91 Å². The van der Waals surface area contributed by atoms with E-state index in [1.54, 1.807) is 18.2 Å². The summed E-state index contributed by atoms with van der Waals surface area (Å²) in [5, 5.41) is 14.5. The summed E-state index contributed by atoms with van der Waals surface area (Å²) in [6, 6.07) is 14.3. The number of carbonyl (C=O) groups is 2. The van der Waals surface area contributed by atoms with Crippen LogP contribution in [0, 0.1) is 20.8 Å². The van der Waals surface area contributed by atoms with Crippen LogP contribution in [0.15, 0.2) is 48.5 Å². The maximum absolute atomic E-state index is 12.3. The van der Waals surface area contributed by atoms with E-state index in [9.17, 15) is 14.7 Å². The minimum atomic E-state index is -0.745. The number of esters is 1. The van der Waals surface area contributed by atoms with Gasteiger partial charge in [-0.15, -0.1) is 0 Å². The number of benzene rings is 3. The third-order valence-electron chi connectivity index (χ3n) is 4.40. The molecule has 0 atom stereocenters. The third kappa shape index (κ3) is 3.92. The van der Waals surface area contributed by atoms with Gasteiger partial charge in [0.05, 0.1) is 0 Å². The third-order valence-corrected chi connectivity index (χ3v) is 4.40. The van der Waals surface area contributed by atoms with Crippen LogP contribution in [0.2, 0.25) is 0 Å². The molecule has 0 aliphatic carbocycles. The molecule has 0 unspecified atom stereocenters. The SMILES string of the molecule is Cc1cc(C)c(NC(=O)COC(=O)c2ccc3ccccc3c2O)c(C)c1. The Labute approximate surface area is 157 Å². The average molecular weight is 363 g/mol. The summed E-state index contributed by atoms with van der Waals surface area (Å²) >= 11 is 0. The first-order valence-corrected chi connectivity index (χ1v) is 8.62. The molecular weight excluding hydrogens is 342 g/mol. The largest absolute Gasteiger partial charge is 0.506 e. The smallest absolute Gasteiger partial charge is 0.342 e. The van der Waals surface area contributed by atoms with Gasteiger partial charge in [0.1, 0.15) is 11.3 Å². The van der Waals surface area contributed by atoms with Crippen molar-refractivity contribution in [2.24, 2.45) is 0 Å². The summed E-state index contributed by atoms with van der Waals surface area (Å²) in [7, 11) is 0. The Morgan fingerprint density at radius 3 is 2.37 bits per heavy atom. The van der Waals surface area contributed by atoms with Crippen LogP contribution >= 0.6 is 0 Å². The van der Waals surface area contributed by atoms with Gasteiger partial charge in [0, 0.05) is 11.1 Å². The van der Waals surface area contributed by atoms with Gasteiger partial charge < -0.3 is 15.2 Å². The van der Waals surface area contributed by atoms with Gasteiger partial charge in [-0.05, 0) is 43.4 Å². The Balaban J connectivity index is 1.69. The van der Waals surface area contributed by atoms with E-state index in [1.165, 1.54) is 6.07 Å². The number of hydrogen-bond acceptors (Lipinski definition) is 4. The summed E-state index contributed by atoms with van der Waals surface area (Å²) in [5.74, 6) is -1.33. The summed E-state index contributed by atoms with van der Waals surface area (Å²) < 4.78 is 5.08. The lowest BCUT2D eigenvalue weighted by molar-refractivity contribution is -0.119. The van der Waals surface area contributed by atoms with Crippen LogP contribution in [0.25, 0.3) is 10.8 Å². The Morgan fingerprint density at radius 2 is 1.67 bits per heavy atom. The summed E-state index contributed by atoms with van der Waals surface area (Å²) in [5.41, 5.74) is 3.75. The first-order chi connectivity index (χ1) is 12.9. The van der Waals surface area contributed by atoms with Crippen molar-refractivity contribution in [1.29, 1.82) is 0 Å². The van der Waals surface area contributed by atoms with E-state index in [0.29, 0.717) is 5.39 Å². The van der Waals surface area contributed by atoms with Crippen molar-refractivity contribution in [3.63, 3.8) is 0 Å². The number of fused-ring (bicyclic) bond motifs is 1. The normalized spacial score (nSPS) is 10.6. The Morgan fingerprint density at radius 1 is 1.00 bits per heavy atom. The van der Waals surface area contributed by atoms with E-state index in [-0.39, 0.29) is 11.3 Å². The van der Waals surface area contributed by atoms with Crippen molar-refractivity contribution in [1.82, 2.24) is 0 Å². The van der Waals surface area contributed by atoms with Gasteiger partial charge in [-0.25, -0.2) is 4.79 Å². The zero-order valence-electron chi connectivity index (χ0n) is 15.5. The molecule has 0 aliphatic heterocycles. The number of aromatic hydroxyl groups is 1. The van der Waals surface area contributed by atoms with Crippen molar-refractivity contribution in [3.05, 3.63) is 70.8 Å². The number of ether oxygens (including phenoxy) is 1. The van der Waals surface area contributed by atoms with E-state index in [2.05, 4.69) is 5.32 Å². The molecule has 0 saturated carbocycles. The predicted octanol–water partition coefficient (Wildman–Crippen LogP) is 4.27. The molecule has 138 valence electrons. The number of rotatable bonds is 4. The molecule has 3 aromatic carbocycles. The molecule has 0 bridgehead atoms. The highest BCUT2D eigenvalue weighted by atomic mass is 16.5. The highest BCUT2D eigenvalue weighted by Gasteiger charge is 2.17. The molecule has 2 N–H and O–H groups in total. The summed E-state index contributed by atoms with van der Waals surface area (Å²) in [6.07, 6.45) is 0. The fourth-order valence-corrected chi connectivity index (χ4v) is 3.18. The van der Waals surface area contributed by atoms with Gasteiger partial charge in [0.15, 0.2) is 6.61 Å². The molecule has 27 heavy (non-hydrogen) atoms. The second-order valence-corrected chi connectivity index (χ2v) is 6.58. The second-order valence-electron chi connectivity index (χ2n) is 6.58. The van der Waals surface area contributed by atoms with Crippen LogP contribution in [-0.4, -0.2) is 23.6 Å². The fourth-order valence-electron chi connectivity index (χ4n) is 3.18. The van der Waals surface area contributed by atoms with Crippen molar-refractivity contribution in [2.75, 3.05) is 11.9 Å². The van der Waals surface area contributed by atoms with Crippen molar-refractivity contribution in [2.45, 2.75) is 20.8 Å². The van der Waals surface area contributed by atoms with Crippen LogP contribution in [0.5, 0.6) is 5.75 Å². The zero-order chi connectivity index (χ0) is 19.6. The van der Waals surface area contributed by atoms with Crippen LogP contribution < -0.4 is 5.32 Å². The lowest BCUT2D eigenvalue weighted by Crippen LogP contribution is -2.22. The minimum absolute atomic E-state index is 0.0317. The molecule has 0 spiro atoms. The minimum Gasteiger partial charge on any atom is -0.506 e. The zero-order valence-corrected chi connectivity index (χ0v) is 15.5. The standard InChI is InChI=1S/C22H21NO4/c1-13-10-14(2)20(15(3)11-13)23-19(24)12-27-22(26)18-9-8-16-6-4-5-7-17(16)21(18)25/h4-11,25H,12H2,1-3H3,(H,23,24). The Bertz CT molecular complexity index is 1020. The van der Waals surface area contributed by atoms with E-state index in [1.807, 2.05) is 45.0 Å². The quantitative estimate of drug-likeness (QED) is 0.679. The number of phenolic OH excluding ortho intramolecular Hbond substituents is 1. The fraction of sp³-hybridized carbons (Fsp3) is 0.182. The predicted molar refractivity (Wildman–Crippen MR) is 105 cm³/mol. The maximum Gasteiger partial charge on any atom is 0.342 e. The number of hydrogen-bond donors (Lipinski definition) is 2. The number of phenols is 1. The van der Waals surface area contributed by atoms with Crippen LogP contribution in [0.1, 0.15) is 27.0 Å².